The van der Waals surface area contributed by atoms with Gasteiger partial charge < -0.3 is 5.11 Å². The van der Waals surface area contributed by atoms with E-state index in [1.54, 1.807) is 0 Å². The number of nitrogens with one attached hydrogen (secondary N) is 1. The van der Waals surface area contributed by atoms with E-state index < -0.39 is 24.7 Å². The van der Waals surface area contributed by atoms with Crippen LogP contribution in [0.3, 0.4) is 0 Å². The van der Waals surface area contributed by atoms with Crippen molar-refractivity contribution in [2.24, 2.45) is 5.92 Å². The zero-order chi connectivity index (χ0) is 12.2. The molecule has 0 bridgehead atoms. The predicted molar refractivity (Wildman–Crippen MR) is 48.5 cm³/mol. The average Bonchev–Trinajstić information content (AvgIpc) is 2.16. The maximum atomic E-state index is 11.8. The molecule has 1 aliphatic rings. The summed E-state index contributed by atoms with van der Waals surface area (Å²) in [5.74, 6) is -1.39. The second kappa shape index (κ2) is 5.49. The lowest BCUT2D eigenvalue weighted by Gasteiger charge is -2.27. The molecule has 2 unspecified atom stereocenters. The second-order valence-electron chi connectivity index (χ2n) is 3.92. The van der Waals surface area contributed by atoms with Crippen molar-refractivity contribution < 1.29 is 27.9 Å². The fourth-order valence-corrected chi connectivity index (χ4v) is 1.76. The molecular weight excluding hydrogens is 227 g/mol. The molecule has 1 aliphatic carbocycles. The van der Waals surface area contributed by atoms with Crippen molar-refractivity contribution in [1.82, 2.24) is 5.48 Å². The molecule has 0 spiro atoms. The van der Waals surface area contributed by atoms with Crippen LogP contribution in [0, 0.1) is 5.92 Å². The van der Waals surface area contributed by atoms with Crippen LogP contribution in [0.15, 0.2) is 0 Å². The van der Waals surface area contributed by atoms with Gasteiger partial charge in [0.2, 0.25) is 0 Å². The van der Waals surface area contributed by atoms with Crippen LogP contribution in [0.4, 0.5) is 13.2 Å². The van der Waals surface area contributed by atoms with Crippen molar-refractivity contribution in [3.05, 3.63) is 0 Å². The topological polar surface area (TPSA) is 58.6 Å². The van der Waals surface area contributed by atoms with Gasteiger partial charge in [-0.15, -0.1) is 0 Å². The summed E-state index contributed by atoms with van der Waals surface area (Å²) in [4.78, 5) is 15.0. The van der Waals surface area contributed by atoms with Gasteiger partial charge >= 0.3 is 12.1 Å². The van der Waals surface area contributed by atoms with E-state index in [0.29, 0.717) is 25.7 Å². The van der Waals surface area contributed by atoms with E-state index in [1.165, 1.54) is 0 Å². The van der Waals surface area contributed by atoms with Crippen LogP contribution in [0.1, 0.15) is 25.7 Å². The molecule has 1 rings (SSSR count). The van der Waals surface area contributed by atoms with Crippen molar-refractivity contribution in [2.45, 2.75) is 37.9 Å². The molecule has 16 heavy (non-hydrogen) atoms. The summed E-state index contributed by atoms with van der Waals surface area (Å²) < 4.78 is 35.3. The molecule has 0 amide bonds. The lowest BCUT2D eigenvalue weighted by Crippen LogP contribution is -2.38. The summed E-state index contributed by atoms with van der Waals surface area (Å²) in [6.07, 6.45) is -2.15. The van der Waals surface area contributed by atoms with Gasteiger partial charge in [-0.25, -0.2) is 0 Å². The van der Waals surface area contributed by atoms with Crippen molar-refractivity contribution in [2.75, 3.05) is 6.61 Å². The van der Waals surface area contributed by atoms with Crippen LogP contribution < -0.4 is 5.48 Å². The van der Waals surface area contributed by atoms with Gasteiger partial charge in [0.1, 0.15) is 0 Å². The highest BCUT2D eigenvalue weighted by molar-refractivity contribution is 5.70. The predicted octanol–water partition coefficient (Wildman–Crippen LogP) is 1.71. The van der Waals surface area contributed by atoms with Crippen molar-refractivity contribution in [3.8, 4) is 0 Å². The number of carboxylic acids is 1. The fraction of sp³-hybridized carbons (Fsp3) is 0.889. The SMILES string of the molecule is O=C(O)C1CCCC(NOCC(F)(F)F)C1. The van der Waals surface area contributed by atoms with Crippen LogP contribution in [0.5, 0.6) is 0 Å². The molecule has 0 radical (unpaired) electrons. The molecule has 1 saturated carbocycles. The summed E-state index contributed by atoms with van der Waals surface area (Å²) >= 11 is 0. The van der Waals surface area contributed by atoms with E-state index in [4.69, 9.17) is 5.11 Å². The summed E-state index contributed by atoms with van der Waals surface area (Å²) in [6, 6.07) is -0.308. The minimum absolute atomic E-state index is 0.308. The Labute approximate surface area is 90.7 Å². The number of rotatable bonds is 4. The van der Waals surface area contributed by atoms with Crippen LogP contribution >= 0.6 is 0 Å². The first kappa shape index (κ1) is 13.2. The average molecular weight is 241 g/mol. The van der Waals surface area contributed by atoms with Gasteiger partial charge in [-0.2, -0.15) is 18.7 Å². The number of aliphatic carboxylic acids is 1. The Morgan fingerprint density at radius 1 is 1.44 bits per heavy atom. The van der Waals surface area contributed by atoms with E-state index in [0.717, 1.165) is 0 Å². The summed E-state index contributed by atoms with van der Waals surface area (Å²) in [5, 5.41) is 8.76. The lowest BCUT2D eigenvalue weighted by atomic mass is 9.86. The highest BCUT2D eigenvalue weighted by Gasteiger charge is 2.30. The first-order chi connectivity index (χ1) is 7.38. The van der Waals surface area contributed by atoms with E-state index in [1.807, 2.05) is 0 Å². The summed E-state index contributed by atoms with van der Waals surface area (Å²) in [6.45, 7) is -1.36. The minimum atomic E-state index is -4.37. The highest BCUT2D eigenvalue weighted by atomic mass is 19.4. The van der Waals surface area contributed by atoms with Gasteiger partial charge in [0.25, 0.3) is 0 Å². The smallest absolute Gasteiger partial charge is 0.413 e. The van der Waals surface area contributed by atoms with Gasteiger partial charge in [-0.05, 0) is 19.3 Å². The standard InChI is InChI=1S/C9H14F3NO3/c10-9(11,12)5-16-13-7-3-1-2-6(4-7)8(14)15/h6-7,13H,1-5H2,(H,14,15). The number of hydrogen-bond donors (Lipinski definition) is 2. The fourth-order valence-electron chi connectivity index (χ4n) is 1.76. The van der Waals surface area contributed by atoms with Gasteiger partial charge in [0.15, 0.2) is 6.61 Å². The van der Waals surface area contributed by atoms with Gasteiger partial charge in [0, 0.05) is 6.04 Å². The normalized spacial score (nSPS) is 26.7. The van der Waals surface area contributed by atoms with Crippen LogP contribution in [0.2, 0.25) is 0 Å². The Balaban J connectivity index is 2.24. The first-order valence-electron chi connectivity index (χ1n) is 5.05. The van der Waals surface area contributed by atoms with Gasteiger partial charge in [-0.3, -0.25) is 9.63 Å². The Morgan fingerprint density at radius 2 is 2.12 bits per heavy atom. The Morgan fingerprint density at radius 3 is 2.69 bits per heavy atom. The summed E-state index contributed by atoms with van der Waals surface area (Å²) in [7, 11) is 0. The van der Waals surface area contributed by atoms with Gasteiger partial charge in [-0.1, -0.05) is 6.42 Å². The molecule has 94 valence electrons. The molecule has 0 aromatic heterocycles. The Hall–Kier alpha value is -0.820. The first-order valence-corrected chi connectivity index (χ1v) is 5.05. The number of halogens is 3. The highest BCUT2D eigenvalue weighted by Crippen LogP contribution is 2.24. The summed E-state index contributed by atoms with van der Waals surface area (Å²) in [5.41, 5.74) is 2.28. The molecule has 4 nitrogen and oxygen atoms in total. The largest absolute Gasteiger partial charge is 0.481 e. The quantitative estimate of drug-likeness (QED) is 0.736. The number of alkyl halides is 3. The number of hydrogen-bond acceptors (Lipinski definition) is 3. The minimum Gasteiger partial charge on any atom is -0.481 e. The van der Waals surface area contributed by atoms with Crippen LogP contribution in [0.25, 0.3) is 0 Å². The van der Waals surface area contributed by atoms with Gasteiger partial charge in [0.05, 0.1) is 5.92 Å². The maximum absolute atomic E-state index is 11.8. The third-order valence-electron chi connectivity index (χ3n) is 2.51. The number of hydroxylamine groups is 1. The molecule has 0 aliphatic heterocycles. The molecule has 0 aromatic carbocycles. The Bertz CT molecular complexity index is 245. The van der Waals surface area contributed by atoms with Crippen molar-refractivity contribution in [1.29, 1.82) is 0 Å². The maximum Gasteiger partial charge on any atom is 0.413 e. The Kier molecular flexibility index (Phi) is 4.55. The zero-order valence-electron chi connectivity index (χ0n) is 8.59. The second-order valence-corrected chi connectivity index (χ2v) is 3.92. The molecule has 0 saturated heterocycles. The molecule has 2 atom stereocenters. The molecule has 2 N–H and O–H groups in total. The van der Waals surface area contributed by atoms with Crippen molar-refractivity contribution in [3.63, 3.8) is 0 Å². The van der Waals surface area contributed by atoms with Crippen LogP contribution in [-0.2, 0) is 9.63 Å². The van der Waals surface area contributed by atoms with E-state index in [9.17, 15) is 18.0 Å². The molecule has 7 heteroatoms. The van der Waals surface area contributed by atoms with E-state index in [-0.39, 0.29) is 6.04 Å². The molecular formula is C9H14F3NO3. The van der Waals surface area contributed by atoms with E-state index >= 15 is 0 Å². The van der Waals surface area contributed by atoms with Crippen molar-refractivity contribution >= 4 is 5.97 Å². The third-order valence-corrected chi connectivity index (χ3v) is 2.51. The lowest BCUT2D eigenvalue weighted by molar-refractivity contribution is -0.194. The number of carbonyl (C=O) groups is 1. The molecule has 0 aromatic rings. The van der Waals surface area contributed by atoms with Crippen LogP contribution in [-0.4, -0.2) is 29.9 Å². The number of carboxylic acid groups (broad SMARTS) is 1. The monoisotopic (exact) mass is 241 g/mol. The van der Waals surface area contributed by atoms with E-state index in [2.05, 4.69) is 10.3 Å². The molecule has 1 fully saturated rings. The zero-order valence-corrected chi connectivity index (χ0v) is 8.59. The molecule has 0 heterocycles. The third kappa shape index (κ3) is 4.80.